The first-order valence-electron chi connectivity index (χ1n) is 4.41. The van der Waals surface area contributed by atoms with E-state index in [2.05, 4.69) is 9.83 Å². The summed E-state index contributed by atoms with van der Waals surface area (Å²) in [5.41, 5.74) is 9.39. The van der Waals surface area contributed by atoms with Gasteiger partial charge in [-0.15, -0.1) is 10.1 Å². The van der Waals surface area contributed by atoms with Crippen LogP contribution in [0.5, 0.6) is 5.75 Å². The molecule has 0 unspecified atom stereocenters. The third-order valence-corrected chi connectivity index (χ3v) is 1.47. The van der Waals surface area contributed by atoms with Crippen LogP contribution in [0.3, 0.4) is 0 Å². The van der Waals surface area contributed by atoms with E-state index in [-0.39, 0.29) is 17.4 Å². The average molecular weight is 257 g/mol. The Morgan fingerprint density at radius 2 is 1.89 bits per heavy atom. The van der Waals surface area contributed by atoms with Gasteiger partial charge < -0.3 is 11.5 Å². The van der Waals surface area contributed by atoms with Crippen molar-refractivity contribution in [3.8, 4) is 5.75 Å². The van der Waals surface area contributed by atoms with Crippen molar-refractivity contribution < 1.29 is 14.8 Å². The molecule has 1 rings (SSSR count). The van der Waals surface area contributed by atoms with E-state index < -0.39 is 10.0 Å². The lowest BCUT2D eigenvalue weighted by Gasteiger charge is -1.96. The topological polar surface area (TPSA) is 160 Å². The van der Waals surface area contributed by atoms with Crippen molar-refractivity contribution in [2.45, 2.75) is 0 Å². The lowest BCUT2D eigenvalue weighted by molar-refractivity contribution is -0.711. The number of hydrogen-bond donors (Lipinski definition) is 2. The van der Waals surface area contributed by atoms with Gasteiger partial charge in [0, 0.05) is 19.2 Å². The zero-order valence-corrected chi connectivity index (χ0v) is 9.35. The summed E-state index contributed by atoms with van der Waals surface area (Å²) < 4.78 is 0. The Labute approximate surface area is 101 Å². The van der Waals surface area contributed by atoms with Crippen molar-refractivity contribution in [3.05, 3.63) is 44.5 Å². The Kier molecular flexibility index (Phi) is 6.18. The number of aliphatic imine (C=N–C) groups is 1. The molecule has 18 heavy (non-hydrogen) atoms. The molecule has 0 fully saturated rings. The largest absolute Gasteiger partial charge is 0.370 e. The Balaban J connectivity index is 0.000000494. The molecule has 0 saturated carbocycles. The first kappa shape index (κ1) is 15.1. The molecule has 0 bridgehead atoms. The predicted octanol–water partition coefficient (Wildman–Crippen LogP) is 0.0549. The van der Waals surface area contributed by atoms with Crippen molar-refractivity contribution in [1.82, 2.24) is 0 Å². The van der Waals surface area contributed by atoms with Gasteiger partial charge in [-0.1, -0.05) is 6.07 Å². The normalized spacial score (nSPS) is 8.50. The van der Waals surface area contributed by atoms with Crippen LogP contribution in [0.25, 0.3) is 0 Å². The smallest absolute Gasteiger partial charge is 0.299 e. The molecule has 10 heteroatoms. The Bertz CT molecular complexity index is 457. The fourth-order valence-electron chi connectivity index (χ4n) is 0.740. The molecule has 0 heterocycles. The molecule has 0 amide bonds. The highest BCUT2D eigenvalue weighted by Crippen LogP contribution is 2.18. The standard InChI is InChI=1S/C6H4N2O5.C2H7N3/c9-7(10)5-2-1-3-6(4-5)13-8(11)12;1-5-2(3)4/h1-4H;1H3,(H4,3,4,5). The first-order chi connectivity index (χ1) is 8.36. The second-order valence-electron chi connectivity index (χ2n) is 2.72. The molecule has 0 aliphatic rings. The molecule has 0 aliphatic carbocycles. The minimum absolute atomic E-state index is 0.130. The van der Waals surface area contributed by atoms with E-state index >= 15 is 0 Å². The third-order valence-electron chi connectivity index (χ3n) is 1.47. The quantitative estimate of drug-likeness (QED) is 0.334. The van der Waals surface area contributed by atoms with Gasteiger partial charge in [0.15, 0.2) is 5.96 Å². The summed E-state index contributed by atoms with van der Waals surface area (Å²) in [6.45, 7) is 0. The van der Waals surface area contributed by atoms with Gasteiger partial charge >= 0.3 is 0 Å². The zero-order chi connectivity index (χ0) is 14.1. The Morgan fingerprint density at radius 1 is 1.33 bits per heavy atom. The number of rotatable bonds is 3. The second-order valence-corrected chi connectivity index (χ2v) is 2.72. The van der Waals surface area contributed by atoms with Gasteiger partial charge in [0.2, 0.25) is 0 Å². The maximum atomic E-state index is 10.2. The van der Waals surface area contributed by atoms with Gasteiger partial charge in [-0.25, -0.2) is 0 Å². The van der Waals surface area contributed by atoms with Gasteiger partial charge in [-0.3, -0.25) is 19.9 Å². The number of nitrogens with zero attached hydrogens (tertiary/aromatic N) is 3. The molecular formula is C8H11N5O5. The monoisotopic (exact) mass is 257 g/mol. The number of nitro groups is 1. The summed E-state index contributed by atoms with van der Waals surface area (Å²) in [5.74, 6) is -0.0378. The van der Waals surface area contributed by atoms with Crippen LogP contribution >= 0.6 is 0 Å². The fourth-order valence-corrected chi connectivity index (χ4v) is 0.740. The van der Waals surface area contributed by atoms with Crippen molar-refractivity contribution in [2.24, 2.45) is 16.5 Å². The van der Waals surface area contributed by atoms with Gasteiger partial charge in [0.25, 0.3) is 10.8 Å². The molecule has 0 aromatic heterocycles. The zero-order valence-electron chi connectivity index (χ0n) is 9.35. The number of nitrogens with two attached hydrogens (primary N) is 2. The van der Waals surface area contributed by atoms with Crippen LogP contribution in [0, 0.1) is 20.2 Å². The van der Waals surface area contributed by atoms with Gasteiger partial charge in [-0.05, 0) is 6.07 Å². The summed E-state index contributed by atoms with van der Waals surface area (Å²) in [6, 6.07) is 4.75. The van der Waals surface area contributed by atoms with Crippen LogP contribution in [0.15, 0.2) is 29.3 Å². The minimum atomic E-state index is -1.03. The SMILES string of the molecule is CN=C(N)N.O=[N+]([O-])Oc1cccc([N+](=O)[O-])c1. The van der Waals surface area contributed by atoms with Crippen molar-refractivity contribution >= 4 is 11.6 Å². The second kappa shape index (κ2) is 7.38. The molecule has 1 aromatic carbocycles. The van der Waals surface area contributed by atoms with Crippen LogP contribution in [0.1, 0.15) is 0 Å². The summed E-state index contributed by atoms with van der Waals surface area (Å²) in [5, 5.41) is 19.1. The summed E-state index contributed by atoms with van der Waals surface area (Å²) in [7, 11) is 1.54. The predicted molar refractivity (Wildman–Crippen MR) is 62.5 cm³/mol. The van der Waals surface area contributed by atoms with Crippen molar-refractivity contribution in [3.63, 3.8) is 0 Å². The molecule has 1 aromatic rings. The molecule has 0 radical (unpaired) electrons. The maximum absolute atomic E-state index is 10.2. The van der Waals surface area contributed by atoms with E-state index in [1.165, 1.54) is 25.2 Å². The van der Waals surface area contributed by atoms with Crippen molar-refractivity contribution in [1.29, 1.82) is 0 Å². The van der Waals surface area contributed by atoms with E-state index in [1.54, 1.807) is 0 Å². The number of benzene rings is 1. The number of hydrogen-bond acceptors (Lipinski definition) is 6. The molecule has 0 saturated heterocycles. The van der Waals surface area contributed by atoms with E-state index in [4.69, 9.17) is 11.5 Å². The molecule has 0 aliphatic heterocycles. The van der Waals surface area contributed by atoms with Gasteiger partial charge in [-0.2, -0.15) is 0 Å². The highest BCUT2D eigenvalue weighted by Gasteiger charge is 2.07. The lowest BCUT2D eigenvalue weighted by Crippen LogP contribution is -2.21. The minimum Gasteiger partial charge on any atom is -0.370 e. The summed E-state index contributed by atoms with van der Waals surface area (Å²) in [4.78, 5) is 26.8. The number of guanidine groups is 1. The summed E-state index contributed by atoms with van der Waals surface area (Å²) in [6.07, 6.45) is 0. The highest BCUT2D eigenvalue weighted by molar-refractivity contribution is 5.75. The molecular weight excluding hydrogens is 246 g/mol. The van der Waals surface area contributed by atoms with Crippen molar-refractivity contribution in [2.75, 3.05) is 7.05 Å². The molecule has 98 valence electrons. The Hall–Kier alpha value is -2.91. The van der Waals surface area contributed by atoms with Gasteiger partial charge in [0.05, 0.1) is 4.92 Å². The van der Waals surface area contributed by atoms with Crippen LogP contribution in [-0.2, 0) is 0 Å². The van der Waals surface area contributed by atoms with Crippen LogP contribution in [-0.4, -0.2) is 23.0 Å². The highest BCUT2D eigenvalue weighted by atomic mass is 17.0. The number of nitro benzene ring substituents is 1. The van der Waals surface area contributed by atoms with Crippen LogP contribution in [0.2, 0.25) is 0 Å². The van der Waals surface area contributed by atoms with E-state index in [1.807, 2.05) is 0 Å². The average Bonchev–Trinajstić information content (AvgIpc) is 2.29. The van der Waals surface area contributed by atoms with Gasteiger partial charge in [0.1, 0.15) is 5.75 Å². The molecule has 4 N–H and O–H groups in total. The fraction of sp³-hybridized carbons (Fsp3) is 0.125. The summed E-state index contributed by atoms with van der Waals surface area (Å²) >= 11 is 0. The molecule has 0 spiro atoms. The first-order valence-corrected chi connectivity index (χ1v) is 4.41. The Morgan fingerprint density at radius 3 is 2.28 bits per heavy atom. The molecule has 10 nitrogen and oxygen atoms in total. The van der Waals surface area contributed by atoms with Crippen LogP contribution in [0.4, 0.5) is 5.69 Å². The van der Waals surface area contributed by atoms with Crippen LogP contribution < -0.4 is 16.3 Å². The number of non-ortho nitro benzene ring substituents is 1. The van der Waals surface area contributed by atoms with E-state index in [0.29, 0.717) is 0 Å². The maximum Gasteiger partial charge on any atom is 0.299 e. The van der Waals surface area contributed by atoms with E-state index in [9.17, 15) is 20.2 Å². The molecule has 0 atom stereocenters. The third kappa shape index (κ3) is 6.55. The van der Waals surface area contributed by atoms with E-state index in [0.717, 1.165) is 6.07 Å². The lowest BCUT2D eigenvalue weighted by atomic mass is 10.3.